The molecule has 0 aliphatic carbocycles. The molecule has 5 heteroatoms. The zero-order chi connectivity index (χ0) is 26.1. The number of carbonyl (C=O) groups excluding carboxylic acids is 1. The third-order valence-corrected chi connectivity index (χ3v) is 7.03. The lowest BCUT2D eigenvalue weighted by Gasteiger charge is -2.24. The average Bonchev–Trinajstić information content (AvgIpc) is 3.08. The van der Waals surface area contributed by atoms with Crippen LogP contribution in [0.25, 0.3) is 11.1 Å². The molecule has 0 bridgehead atoms. The third kappa shape index (κ3) is 5.31. The molecule has 0 N–H and O–H groups in total. The van der Waals surface area contributed by atoms with Crippen molar-refractivity contribution in [1.29, 1.82) is 0 Å². The van der Waals surface area contributed by atoms with Gasteiger partial charge in [-0.25, -0.2) is 9.18 Å². The Morgan fingerprint density at radius 2 is 1.78 bits per heavy atom. The van der Waals surface area contributed by atoms with Crippen molar-refractivity contribution in [3.05, 3.63) is 93.8 Å². The number of aryl methyl sites for hydroxylation is 2. The summed E-state index contributed by atoms with van der Waals surface area (Å²) in [7, 11) is 4.08. The van der Waals surface area contributed by atoms with Gasteiger partial charge in [-0.15, -0.1) is 0 Å². The van der Waals surface area contributed by atoms with Gasteiger partial charge in [-0.1, -0.05) is 61.9 Å². The first-order valence-corrected chi connectivity index (χ1v) is 12.7. The summed E-state index contributed by atoms with van der Waals surface area (Å²) >= 11 is 0. The molecule has 190 valence electrons. The van der Waals surface area contributed by atoms with Gasteiger partial charge in [0.05, 0.1) is 12.6 Å². The molecule has 0 unspecified atom stereocenters. The van der Waals surface area contributed by atoms with E-state index in [4.69, 9.17) is 4.74 Å². The van der Waals surface area contributed by atoms with Crippen LogP contribution in [0, 0.1) is 19.7 Å². The largest absolute Gasteiger partial charge is 0.439 e. The van der Waals surface area contributed by atoms with Crippen LogP contribution in [0.2, 0.25) is 0 Å². The number of cyclic esters (lactones) is 1. The number of halogens is 1. The van der Waals surface area contributed by atoms with E-state index in [1.165, 1.54) is 5.56 Å². The number of hydrogen-bond acceptors (Lipinski definition) is 3. The van der Waals surface area contributed by atoms with Crippen LogP contribution < -0.4 is 0 Å². The van der Waals surface area contributed by atoms with Gasteiger partial charge in [-0.05, 0) is 91.9 Å². The second-order valence-electron chi connectivity index (χ2n) is 10.7. The molecule has 0 spiro atoms. The van der Waals surface area contributed by atoms with Crippen LogP contribution in [0.4, 0.5) is 9.18 Å². The topological polar surface area (TPSA) is 32.8 Å². The average molecular weight is 489 g/mol. The molecule has 1 aliphatic heterocycles. The summed E-state index contributed by atoms with van der Waals surface area (Å²) in [4.78, 5) is 17.0. The molecule has 1 heterocycles. The maximum atomic E-state index is 14.6. The van der Waals surface area contributed by atoms with Crippen molar-refractivity contribution in [1.82, 2.24) is 9.80 Å². The van der Waals surface area contributed by atoms with E-state index in [2.05, 4.69) is 42.2 Å². The van der Waals surface area contributed by atoms with E-state index >= 15 is 0 Å². The molecule has 3 aromatic carbocycles. The summed E-state index contributed by atoms with van der Waals surface area (Å²) < 4.78 is 20.5. The van der Waals surface area contributed by atoms with E-state index in [9.17, 15) is 9.18 Å². The zero-order valence-electron chi connectivity index (χ0n) is 22.4. The van der Waals surface area contributed by atoms with E-state index in [1.807, 2.05) is 64.9 Å². The Kier molecular flexibility index (Phi) is 7.51. The highest BCUT2D eigenvalue weighted by molar-refractivity contribution is 5.74. The molecule has 2 atom stereocenters. The Balaban J connectivity index is 1.67. The lowest BCUT2D eigenvalue weighted by Crippen LogP contribution is -2.31. The van der Waals surface area contributed by atoms with E-state index in [0.29, 0.717) is 12.1 Å². The van der Waals surface area contributed by atoms with Gasteiger partial charge in [0.15, 0.2) is 0 Å². The van der Waals surface area contributed by atoms with Crippen molar-refractivity contribution in [2.24, 2.45) is 0 Å². The molecular formula is C31H37FN2O2. The Morgan fingerprint density at radius 1 is 1.03 bits per heavy atom. The highest BCUT2D eigenvalue weighted by atomic mass is 19.1. The smallest absolute Gasteiger partial charge is 0.411 e. The Morgan fingerprint density at radius 3 is 2.47 bits per heavy atom. The molecule has 1 amide bonds. The van der Waals surface area contributed by atoms with Gasteiger partial charge < -0.3 is 9.64 Å². The summed E-state index contributed by atoms with van der Waals surface area (Å²) in [5.74, 6) is -0.0909. The monoisotopic (exact) mass is 488 g/mol. The highest BCUT2D eigenvalue weighted by Crippen LogP contribution is 2.37. The molecule has 4 nitrogen and oxygen atoms in total. The van der Waals surface area contributed by atoms with E-state index in [1.54, 1.807) is 6.07 Å². The van der Waals surface area contributed by atoms with Crippen molar-refractivity contribution in [2.45, 2.75) is 65.8 Å². The number of amides is 1. The second-order valence-corrected chi connectivity index (χ2v) is 10.7. The normalized spacial score (nSPS) is 17.8. The minimum Gasteiger partial charge on any atom is -0.439 e. The number of carbonyl (C=O) groups is 1. The maximum absolute atomic E-state index is 14.6. The van der Waals surface area contributed by atoms with E-state index in [-0.39, 0.29) is 30.0 Å². The molecule has 1 aliphatic rings. The molecule has 4 rings (SSSR count). The third-order valence-electron chi connectivity index (χ3n) is 7.03. The summed E-state index contributed by atoms with van der Waals surface area (Å²) in [5.41, 5.74) is 7.96. The standard InChI is InChI=1S/C31H37FN2O2/c1-19(2)27-16-28(21(4)14-29(27)32)26-12-11-20(3)13-25(26)18-34-22(5)30(36-31(34)35)24-10-8-9-23(15-24)17-33(6)7/h8-16,19,22,30H,17-18H2,1-7H3/t22-,30-/m0/s1. The number of rotatable bonds is 7. The van der Waals surface area contributed by atoms with Gasteiger partial charge >= 0.3 is 6.09 Å². The van der Waals surface area contributed by atoms with Crippen molar-refractivity contribution in [3.8, 4) is 11.1 Å². The minimum absolute atomic E-state index is 0.0795. The predicted molar refractivity (Wildman–Crippen MR) is 143 cm³/mol. The number of ether oxygens (including phenoxy) is 1. The molecule has 1 fully saturated rings. The Hall–Kier alpha value is -3.18. The van der Waals surface area contributed by atoms with Crippen LogP contribution >= 0.6 is 0 Å². The van der Waals surface area contributed by atoms with Crippen LogP contribution in [0.15, 0.2) is 54.6 Å². The SMILES string of the molecule is Cc1ccc(-c2cc(C(C)C)c(F)cc2C)c(CN2C(=O)O[C@H](c3cccc(CN(C)C)c3)[C@@H]2C)c1. The molecule has 3 aromatic rings. The lowest BCUT2D eigenvalue weighted by atomic mass is 9.90. The highest BCUT2D eigenvalue weighted by Gasteiger charge is 2.40. The number of benzene rings is 3. The first-order valence-electron chi connectivity index (χ1n) is 12.7. The zero-order valence-corrected chi connectivity index (χ0v) is 22.4. The van der Waals surface area contributed by atoms with Gasteiger partial charge in [0.1, 0.15) is 11.9 Å². The van der Waals surface area contributed by atoms with Gasteiger partial charge in [0.25, 0.3) is 0 Å². The van der Waals surface area contributed by atoms with Crippen molar-refractivity contribution >= 4 is 6.09 Å². The fourth-order valence-corrected chi connectivity index (χ4v) is 5.11. The molecule has 0 aromatic heterocycles. The Labute approximate surface area is 214 Å². The first kappa shape index (κ1) is 25.9. The van der Waals surface area contributed by atoms with Crippen LogP contribution in [0.5, 0.6) is 0 Å². The molecule has 0 radical (unpaired) electrons. The first-order chi connectivity index (χ1) is 17.0. The summed E-state index contributed by atoms with van der Waals surface area (Å²) in [5, 5.41) is 0. The van der Waals surface area contributed by atoms with Crippen molar-refractivity contribution < 1.29 is 13.9 Å². The Bertz CT molecular complexity index is 1270. The second kappa shape index (κ2) is 10.4. The predicted octanol–water partition coefficient (Wildman–Crippen LogP) is 7.38. The summed E-state index contributed by atoms with van der Waals surface area (Å²) in [6.45, 7) is 11.3. The van der Waals surface area contributed by atoms with Crippen LogP contribution in [0.1, 0.15) is 66.2 Å². The van der Waals surface area contributed by atoms with Crippen LogP contribution in [0.3, 0.4) is 0 Å². The fourth-order valence-electron chi connectivity index (χ4n) is 5.11. The van der Waals surface area contributed by atoms with Crippen molar-refractivity contribution in [2.75, 3.05) is 14.1 Å². The molecule has 36 heavy (non-hydrogen) atoms. The van der Waals surface area contributed by atoms with Crippen LogP contribution in [-0.2, 0) is 17.8 Å². The minimum atomic E-state index is -0.326. The van der Waals surface area contributed by atoms with Crippen LogP contribution in [-0.4, -0.2) is 36.0 Å². The number of hydrogen-bond donors (Lipinski definition) is 0. The lowest BCUT2D eigenvalue weighted by molar-refractivity contribution is 0.130. The quantitative estimate of drug-likeness (QED) is 0.348. The summed E-state index contributed by atoms with van der Waals surface area (Å²) in [6, 6.07) is 18.0. The van der Waals surface area contributed by atoms with Gasteiger partial charge in [-0.3, -0.25) is 4.90 Å². The summed E-state index contributed by atoms with van der Waals surface area (Å²) in [6.07, 6.45) is -0.635. The van der Waals surface area contributed by atoms with Gasteiger partial charge in [0.2, 0.25) is 0 Å². The number of nitrogens with zero attached hydrogens (tertiary/aromatic N) is 2. The maximum Gasteiger partial charge on any atom is 0.411 e. The van der Waals surface area contributed by atoms with Crippen molar-refractivity contribution in [3.63, 3.8) is 0 Å². The van der Waals surface area contributed by atoms with Gasteiger partial charge in [-0.2, -0.15) is 0 Å². The van der Waals surface area contributed by atoms with E-state index < -0.39 is 0 Å². The van der Waals surface area contributed by atoms with Gasteiger partial charge in [0, 0.05) is 6.54 Å². The molecule has 1 saturated heterocycles. The molecular weight excluding hydrogens is 451 g/mol. The van der Waals surface area contributed by atoms with E-state index in [0.717, 1.165) is 39.9 Å². The fraction of sp³-hybridized carbons (Fsp3) is 0.387. The molecule has 0 saturated carbocycles.